The number of benzene rings is 1. The second-order valence-corrected chi connectivity index (χ2v) is 4.19. The van der Waals surface area contributed by atoms with E-state index in [2.05, 4.69) is 15.9 Å². The first-order valence-corrected chi connectivity index (χ1v) is 5.10. The van der Waals surface area contributed by atoms with E-state index in [1.54, 1.807) is 6.07 Å². The van der Waals surface area contributed by atoms with Gasteiger partial charge in [-0.3, -0.25) is 0 Å². The third-order valence-electron chi connectivity index (χ3n) is 2.24. The predicted octanol–water partition coefficient (Wildman–Crippen LogP) is 2.26. The van der Waals surface area contributed by atoms with E-state index < -0.39 is 5.97 Å². The van der Waals surface area contributed by atoms with Crippen LogP contribution in [0.25, 0.3) is 0 Å². The summed E-state index contributed by atoms with van der Waals surface area (Å²) in [7, 11) is 0. The quantitative estimate of drug-likeness (QED) is 0.725. The highest BCUT2D eigenvalue weighted by Crippen LogP contribution is 2.33. The monoisotopic (exact) mass is 256 g/mol. The van der Waals surface area contributed by atoms with E-state index in [0.717, 1.165) is 10.0 Å². The summed E-state index contributed by atoms with van der Waals surface area (Å²) in [6, 6.07) is 3.22. The van der Waals surface area contributed by atoms with Crippen LogP contribution in [0.3, 0.4) is 0 Å². The van der Waals surface area contributed by atoms with E-state index in [0.29, 0.717) is 6.42 Å². The average molecular weight is 257 g/mol. The Morgan fingerprint density at radius 2 is 2.29 bits per heavy atom. The molecular formula is C10H9BrO3. The van der Waals surface area contributed by atoms with Crippen molar-refractivity contribution in [2.75, 3.05) is 0 Å². The highest BCUT2D eigenvalue weighted by molar-refractivity contribution is 9.10. The van der Waals surface area contributed by atoms with E-state index in [1.807, 2.05) is 6.92 Å². The van der Waals surface area contributed by atoms with Crippen molar-refractivity contribution < 1.29 is 14.6 Å². The lowest BCUT2D eigenvalue weighted by Gasteiger charge is -2.23. The Labute approximate surface area is 89.8 Å². The largest absolute Gasteiger partial charge is 0.507 e. The zero-order valence-corrected chi connectivity index (χ0v) is 9.17. The number of rotatable bonds is 0. The molecule has 74 valence electrons. The normalized spacial score (nSPS) is 20.1. The van der Waals surface area contributed by atoms with Crippen molar-refractivity contribution in [1.29, 1.82) is 0 Å². The molecule has 0 spiro atoms. The summed E-state index contributed by atoms with van der Waals surface area (Å²) in [5.74, 6) is -0.461. The summed E-state index contributed by atoms with van der Waals surface area (Å²) in [5.41, 5.74) is 1.12. The van der Waals surface area contributed by atoms with Gasteiger partial charge in [-0.25, -0.2) is 4.79 Å². The molecule has 0 saturated carbocycles. The second-order valence-electron chi connectivity index (χ2n) is 3.34. The number of carbonyl (C=O) groups excluding carboxylic acids is 1. The SMILES string of the molecule is C[C@H]1Cc2c(Br)ccc(O)c2C(=O)O1. The van der Waals surface area contributed by atoms with Crippen molar-refractivity contribution in [3.63, 3.8) is 0 Å². The Kier molecular flexibility index (Phi) is 2.23. The lowest BCUT2D eigenvalue weighted by atomic mass is 9.98. The van der Waals surface area contributed by atoms with Crippen LogP contribution in [0.4, 0.5) is 0 Å². The minimum atomic E-state index is -0.447. The maximum Gasteiger partial charge on any atom is 0.342 e. The van der Waals surface area contributed by atoms with Gasteiger partial charge in [-0.05, 0) is 24.6 Å². The first-order valence-electron chi connectivity index (χ1n) is 4.31. The topological polar surface area (TPSA) is 46.5 Å². The molecule has 0 aliphatic carbocycles. The van der Waals surface area contributed by atoms with Crippen LogP contribution in [0.15, 0.2) is 16.6 Å². The van der Waals surface area contributed by atoms with Gasteiger partial charge >= 0.3 is 5.97 Å². The smallest absolute Gasteiger partial charge is 0.342 e. The molecule has 1 N–H and O–H groups in total. The number of halogens is 1. The van der Waals surface area contributed by atoms with E-state index >= 15 is 0 Å². The molecule has 1 atom stereocenters. The molecule has 1 aromatic carbocycles. The maximum atomic E-state index is 11.5. The van der Waals surface area contributed by atoms with Crippen molar-refractivity contribution >= 4 is 21.9 Å². The fourth-order valence-corrected chi connectivity index (χ4v) is 2.10. The van der Waals surface area contributed by atoms with E-state index in [1.165, 1.54) is 6.07 Å². The molecule has 0 fully saturated rings. The van der Waals surface area contributed by atoms with Gasteiger partial charge in [-0.15, -0.1) is 0 Å². The van der Waals surface area contributed by atoms with Crippen molar-refractivity contribution in [1.82, 2.24) is 0 Å². The van der Waals surface area contributed by atoms with Crippen molar-refractivity contribution in [3.05, 3.63) is 27.7 Å². The Morgan fingerprint density at radius 1 is 1.57 bits per heavy atom. The minimum absolute atomic E-state index is 0.0138. The molecule has 0 aromatic heterocycles. The highest BCUT2D eigenvalue weighted by Gasteiger charge is 2.28. The number of carbonyl (C=O) groups is 1. The number of fused-ring (bicyclic) bond motifs is 1. The number of hydrogen-bond donors (Lipinski definition) is 1. The summed E-state index contributed by atoms with van der Waals surface area (Å²) < 4.78 is 5.87. The first kappa shape index (κ1) is 9.52. The molecule has 14 heavy (non-hydrogen) atoms. The Balaban J connectivity index is 2.63. The van der Waals surface area contributed by atoms with Gasteiger partial charge in [0.2, 0.25) is 0 Å². The molecule has 0 unspecified atom stereocenters. The van der Waals surface area contributed by atoms with Gasteiger partial charge in [0.1, 0.15) is 17.4 Å². The van der Waals surface area contributed by atoms with Crippen molar-refractivity contribution in [3.8, 4) is 5.75 Å². The number of cyclic esters (lactones) is 1. The van der Waals surface area contributed by atoms with Gasteiger partial charge < -0.3 is 9.84 Å². The summed E-state index contributed by atoms with van der Waals surface area (Å²) in [6.07, 6.45) is 0.504. The van der Waals surface area contributed by atoms with Crippen LogP contribution < -0.4 is 0 Å². The Morgan fingerprint density at radius 3 is 3.00 bits per heavy atom. The zero-order valence-electron chi connectivity index (χ0n) is 7.58. The maximum absolute atomic E-state index is 11.5. The molecular weight excluding hydrogens is 248 g/mol. The molecule has 1 aromatic rings. The summed E-state index contributed by atoms with van der Waals surface area (Å²) in [5, 5.41) is 9.52. The molecule has 0 amide bonds. The van der Waals surface area contributed by atoms with Crippen LogP contribution in [-0.2, 0) is 11.2 Å². The number of ether oxygens (including phenoxy) is 1. The van der Waals surface area contributed by atoms with Gasteiger partial charge in [-0.2, -0.15) is 0 Å². The highest BCUT2D eigenvalue weighted by atomic mass is 79.9. The summed E-state index contributed by atoms with van der Waals surface area (Å²) in [4.78, 5) is 11.5. The molecule has 3 nitrogen and oxygen atoms in total. The third kappa shape index (κ3) is 1.39. The van der Waals surface area contributed by atoms with Crippen LogP contribution in [0, 0.1) is 0 Å². The van der Waals surface area contributed by atoms with Crippen LogP contribution >= 0.6 is 15.9 Å². The Bertz CT molecular complexity index is 401. The van der Waals surface area contributed by atoms with Crippen molar-refractivity contribution in [2.24, 2.45) is 0 Å². The number of esters is 1. The van der Waals surface area contributed by atoms with Crippen molar-refractivity contribution in [2.45, 2.75) is 19.4 Å². The minimum Gasteiger partial charge on any atom is -0.507 e. The van der Waals surface area contributed by atoms with Gasteiger partial charge in [0.25, 0.3) is 0 Å². The lowest BCUT2D eigenvalue weighted by Crippen LogP contribution is -2.25. The van der Waals surface area contributed by atoms with Crippen LogP contribution in [0.1, 0.15) is 22.8 Å². The van der Waals surface area contributed by atoms with E-state index in [4.69, 9.17) is 4.74 Å². The Hall–Kier alpha value is -1.03. The third-order valence-corrected chi connectivity index (χ3v) is 2.98. The molecule has 0 radical (unpaired) electrons. The fourth-order valence-electron chi connectivity index (χ4n) is 1.61. The molecule has 0 bridgehead atoms. The van der Waals surface area contributed by atoms with Crippen LogP contribution in [0.5, 0.6) is 5.75 Å². The molecule has 1 aliphatic rings. The number of hydrogen-bond acceptors (Lipinski definition) is 3. The number of phenolic OH excluding ortho intramolecular Hbond substituents is 1. The first-order chi connectivity index (χ1) is 6.59. The average Bonchev–Trinajstić information content (AvgIpc) is 2.10. The van der Waals surface area contributed by atoms with Gasteiger partial charge in [-0.1, -0.05) is 15.9 Å². The summed E-state index contributed by atoms with van der Waals surface area (Å²) >= 11 is 3.35. The second kappa shape index (κ2) is 3.28. The van der Waals surface area contributed by atoms with E-state index in [-0.39, 0.29) is 17.4 Å². The van der Waals surface area contributed by atoms with Gasteiger partial charge in [0.15, 0.2) is 0 Å². The molecule has 2 rings (SSSR count). The standard InChI is InChI=1S/C10H9BrO3/c1-5-4-6-7(11)2-3-8(12)9(6)10(13)14-5/h2-3,5,12H,4H2,1H3/t5-/m0/s1. The lowest BCUT2D eigenvalue weighted by molar-refractivity contribution is 0.0296. The molecule has 0 saturated heterocycles. The van der Waals surface area contributed by atoms with Gasteiger partial charge in [0, 0.05) is 10.9 Å². The number of phenols is 1. The molecule has 4 heteroatoms. The molecule has 1 aliphatic heterocycles. The van der Waals surface area contributed by atoms with E-state index in [9.17, 15) is 9.90 Å². The predicted molar refractivity (Wildman–Crippen MR) is 54.4 cm³/mol. The van der Waals surface area contributed by atoms with Crippen LogP contribution in [0.2, 0.25) is 0 Å². The zero-order chi connectivity index (χ0) is 10.3. The van der Waals surface area contributed by atoms with Gasteiger partial charge in [0.05, 0.1) is 0 Å². The van der Waals surface area contributed by atoms with Crippen LogP contribution in [-0.4, -0.2) is 17.2 Å². The fraction of sp³-hybridized carbons (Fsp3) is 0.300. The number of aromatic hydroxyl groups is 1. The molecule has 1 heterocycles. The summed E-state index contributed by atoms with van der Waals surface area (Å²) in [6.45, 7) is 1.83.